The minimum atomic E-state index is -0.597. The third-order valence-corrected chi connectivity index (χ3v) is 6.32. The molecule has 3 rings (SSSR count). The Kier molecular flexibility index (Phi) is 7.94. The highest BCUT2D eigenvalue weighted by Crippen LogP contribution is 2.21. The van der Waals surface area contributed by atoms with Crippen LogP contribution in [0.15, 0.2) is 71.2 Å². The van der Waals surface area contributed by atoms with Crippen LogP contribution in [0.2, 0.25) is 0 Å². The summed E-state index contributed by atoms with van der Waals surface area (Å²) in [6.45, 7) is 1.96. The Morgan fingerprint density at radius 2 is 1.67 bits per heavy atom. The smallest absolute Gasteiger partial charge is 0.253 e. The molecule has 0 heterocycles. The van der Waals surface area contributed by atoms with Crippen LogP contribution in [0.4, 0.5) is 0 Å². The van der Waals surface area contributed by atoms with Crippen molar-refractivity contribution in [3.8, 4) is 0 Å². The van der Waals surface area contributed by atoms with Gasteiger partial charge in [0.2, 0.25) is 5.91 Å². The van der Waals surface area contributed by atoms with Crippen LogP contribution in [0.3, 0.4) is 0 Å². The van der Waals surface area contributed by atoms with E-state index in [1.807, 2.05) is 43.5 Å². The lowest BCUT2D eigenvalue weighted by molar-refractivity contribution is -0.123. The Hall–Kier alpha value is -2.31. The second-order valence-corrected chi connectivity index (χ2v) is 8.96. The van der Waals surface area contributed by atoms with Crippen molar-refractivity contribution in [2.45, 2.75) is 25.4 Å². The molecule has 2 amide bonds. The first-order chi connectivity index (χ1) is 14.5. The summed E-state index contributed by atoms with van der Waals surface area (Å²) in [5.74, 6) is 0.339. The summed E-state index contributed by atoms with van der Waals surface area (Å²) in [7, 11) is 0. The van der Waals surface area contributed by atoms with E-state index in [-0.39, 0.29) is 17.9 Å². The highest BCUT2D eigenvalue weighted by atomic mass is 79.9. The summed E-state index contributed by atoms with van der Waals surface area (Å²) in [5, 5.41) is 8.27. The molecule has 2 N–H and O–H groups in total. The van der Waals surface area contributed by atoms with Crippen LogP contribution in [-0.4, -0.2) is 29.9 Å². The predicted molar refractivity (Wildman–Crippen MR) is 129 cm³/mol. The van der Waals surface area contributed by atoms with E-state index >= 15 is 0 Å². The second-order valence-electron chi connectivity index (χ2n) is 7.12. The van der Waals surface area contributed by atoms with Crippen molar-refractivity contribution in [3.63, 3.8) is 0 Å². The number of amides is 2. The first-order valence-electron chi connectivity index (χ1n) is 9.83. The molecule has 0 spiro atoms. The summed E-state index contributed by atoms with van der Waals surface area (Å²) in [6.07, 6.45) is 2.55. The van der Waals surface area contributed by atoms with Crippen LogP contribution in [0, 0.1) is 0 Å². The number of thioether (sulfide) groups is 1. The van der Waals surface area contributed by atoms with E-state index < -0.39 is 6.04 Å². The predicted octanol–water partition coefficient (Wildman–Crippen LogP) is 5.33. The number of rotatable bonds is 8. The summed E-state index contributed by atoms with van der Waals surface area (Å²) in [6, 6.07) is 20.8. The van der Waals surface area contributed by atoms with Crippen LogP contribution in [0.5, 0.6) is 0 Å². The first kappa shape index (κ1) is 22.4. The molecule has 0 aromatic heterocycles. The van der Waals surface area contributed by atoms with Gasteiger partial charge in [0, 0.05) is 4.47 Å². The third kappa shape index (κ3) is 5.64. The minimum absolute atomic E-state index is 0.167. The average Bonchev–Trinajstić information content (AvgIpc) is 2.76. The van der Waals surface area contributed by atoms with Crippen molar-refractivity contribution in [1.82, 2.24) is 10.6 Å². The lowest BCUT2D eigenvalue weighted by atomic mass is 10.0. The zero-order chi connectivity index (χ0) is 21.5. The average molecular weight is 485 g/mol. The molecule has 30 heavy (non-hydrogen) atoms. The van der Waals surface area contributed by atoms with Crippen LogP contribution < -0.4 is 10.6 Å². The Bertz CT molecular complexity index is 1040. The number of fused-ring (bicyclic) bond motifs is 1. The molecule has 3 aromatic carbocycles. The van der Waals surface area contributed by atoms with Crippen LogP contribution in [-0.2, 0) is 4.79 Å². The van der Waals surface area contributed by atoms with E-state index in [1.54, 1.807) is 23.9 Å². The van der Waals surface area contributed by atoms with Crippen LogP contribution >= 0.6 is 27.7 Å². The van der Waals surface area contributed by atoms with Crippen molar-refractivity contribution in [2.75, 3.05) is 12.0 Å². The molecule has 0 bridgehead atoms. The molecule has 156 valence electrons. The molecule has 0 saturated carbocycles. The normalized spacial score (nSPS) is 12.9. The van der Waals surface area contributed by atoms with Gasteiger partial charge in [-0.15, -0.1) is 0 Å². The van der Waals surface area contributed by atoms with Gasteiger partial charge in [0.15, 0.2) is 0 Å². The maximum absolute atomic E-state index is 13.0. The zero-order valence-electron chi connectivity index (χ0n) is 17.0. The fourth-order valence-electron chi connectivity index (χ4n) is 3.26. The van der Waals surface area contributed by atoms with Gasteiger partial charge < -0.3 is 10.6 Å². The Morgan fingerprint density at radius 3 is 2.40 bits per heavy atom. The number of benzene rings is 3. The van der Waals surface area contributed by atoms with E-state index in [2.05, 4.69) is 50.8 Å². The number of hydrogen-bond donors (Lipinski definition) is 2. The monoisotopic (exact) mass is 484 g/mol. The second kappa shape index (κ2) is 10.6. The SMILES string of the molecule is CSCCC(NC(=O)c1ccccc1Br)C(=O)NC(C)c1ccc2ccccc2c1. The Labute approximate surface area is 190 Å². The topological polar surface area (TPSA) is 58.2 Å². The summed E-state index contributed by atoms with van der Waals surface area (Å²) in [5.41, 5.74) is 1.55. The van der Waals surface area contributed by atoms with Crippen molar-refractivity contribution in [3.05, 3.63) is 82.3 Å². The van der Waals surface area contributed by atoms with Gasteiger partial charge in [0.1, 0.15) is 6.04 Å². The van der Waals surface area contributed by atoms with Crippen molar-refractivity contribution >= 4 is 50.3 Å². The fourth-order valence-corrected chi connectivity index (χ4v) is 4.20. The molecule has 4 nitrogen and oxygen atoms in total. The van der Waals surface area contributed by atoms with Gasteiger partial charge in [0.05, 0.1) is 11.6 Å². The van der Waals surface area contributed by atoms with Gasteiger partial charge in [-0.2, -0.15) is 11.8 Å². The van der Waals surface area contributed by atoms with E-state index in [1.165, 1.54) is 5.39 Å². The molecule has 6 heteroatoms. The van der Waals surface area contributed by atoms with Gasteiger partial charge in [0.25, 0.3) is 5.91 Å². The fraction of sp³-hybridized carbons (Fsp3) is 0.250. The van der Waals surface area contributed by atoms with Gasteiger partial charge in [-0.1, -0.05) is 48.5 Å². The Balaban J connectivity index is 1.72. The molecule has 2 atom stereocenters. The third-order valence-electron chi connectivity index (χ3n) is 4.98. The lowest BCUT2D eigenvalue weighted by Crippen LogP contribution is -2.47. The van der Waals surface area contributed by atoms with Crippen molar-refractivity contribution in [1.29, 1.82) is 0 Å². The molecule has 2 unspecified atom stereocenters. The highest BCUT2D eigenvalue weighted by Gasteiger charge is 2.23. The van der Waals surface area contributed by atoms with Gasteiger partial charge in [-0.3, -0.25) is 9.59 Å². The molecule has 0 aliphatic carbocycles. The number of hydrogen-bond acceptors (Lipinski definition) is 3. The van der Waals surface area contributed by atoms with Gasteiger partial charge in [-0.05, 0) is 75.8 Å². The zero-order valence-corrected chi connectivity index (χ0v) is 19.4. The van der Waals surface area contributed by atoms with Crippen LogP contribution in [0.25, 0.3) is 10.8 Å². The minimum Gasteiger partial charge on any atom is -0.348 e. The summed E-state index contributed by atoms with van der Waals surface area (Å²) >= 11 is 5.05. The molecule has 0 radical (unpaired) electrons. The van der Waals surface area contributed by atoms with E-state index in [9.17, 15) is 9.59 Å². The molecule has 0 aliphatic rings. The van der Waals surface area contributed by atoms with Gasteiger partial charge in [-0.25, -0.2) is 0 Å². The lowest BCUT2D eigenvalue weighted by Gasteiger charge is -2.22. The number of nitrogens with one attached hydrogen (secondary N) is 2. The largest absolute Gasteiger partial charge is 0.348 e. The standard InChI is InChI=1S/C24H25BrN2O2S/c1-16(18-12-11-17-7-3-4-8-19(17)15-18)26-24(29)22(13-14-30-2)27-23(28)20-9-5-6-10-21(20)25/h3-12,15-16,22H,13-14H2,1-2H3,(H,26,29)(H,27,28). The molecular formula is C24H25BrN2O2S. The maximum atomic E-state index is 13.0. The molecule has 3 aromatic rings. The van der Waals surface area contributed by atoms with Crippen molar-refractivity contribution in [2.24, 2.45) is 0 Å². The molecule has 0 aliphatic heterocycles. The summed E-state index contributed by atoms with van der Waals surface area (Å²) in [4.78, 5) is 25.7. The van der Waals surface area contributed by atoms with Crippen LogP contribution in [0.1, 0.15) is 35.3 Å². The highest BCUT2D eigenvalue weighted by molar-refractivity contribution is 9.10. The summed E-state index contributed by atoms with van der Waals surface area (Å²) < 4.78 is 0.705. The molecular weight excluding hydrogens is 460 g/mol. The Morgan fingerprint density at radius 1 is 0.967 bits per heavy atom. The number of halogens is 1. The maximum Gasteiger partial charge on any atom is 0.253 e. The van der Waals surface area contributed by atoms with E-state index in [0.29, 0.717) is 16.5 Å². The molecule has 0 fully saturated rings. The van der Waals surface area contributed by atoms with E-state index in [0.717, 1.165) is 16.7 Å². The van der Waals surface area contributed by atoms with E-state index in [4.69, 9.17) is 0 Å². The number of carbonyl (C=O) groups is 2. The first-order valence-corrected chi connectivity index (χ1v) is 12.0. The quantitative estimate of drug-likeness (QED) is 0.454. The van der Waals surface area contributed by atoms with Crippen molar-refractivity contribution < 1.29 is 9.59 Å². The number of carbonyl (C=O) groups excluding carboxylic acids is 2. The molecule has 0 saturated heterocycles. The van der Waals surface area contributed by atoms with Gasteiger partial charge >= 0.3 is 0 Å².